The number of pyridine rings is 1. The average Bonchev–Trinajstić information content (AvgIpc) is 3.34. The smallest absolute Gasteiger partial charge is 0.245 e. The minimum atomic E-state index is -0.714. The molecule has 2 aromatic rings. The Morgan fingerprint density at radius 2 is 1.80 bits per heavy atom. The molecule has 2 heterocycles. The van der Waals surface area contributed by atoms with Crippen LogP contribution >= 0.6 is 24.8 Å². The number of benzene rings is 1. The molecule has 6 nitrogen and oxygen atoms in total. The molecular weight excluding hydrogens is 365 g/mol. The van der Waals surface area contributed by atoms with Crippen LogP contribution in [0.4, 0.5) is 5.82 Å². The Morgan fingerprint density at radius 3 is 2.52 bits per heavy atom. The molecule has 8 heteroatoms. The van der Waals surface area contributed by atoms with Gasteiger partial charge in [0.1, 0.15) is 19.0 Å². The van der Waals surface area contributed by atoms with Crippen LogP contribution in [0.15, 0.2) is 36.4 Å². The van der Waals surface area contributed by atoms with Crippen LogP contribution in [-0.2, 0) is 4.79 Å². The van der Waals surface area contributed by atoms with Gasteiger partial charge in [-0.05, 0) is 43.2 Å². The van der Waals surface area contributed by atoms with Gasteiger partial charge in [0.25, 0.3) is 0 Å². The Bertz CT molecular complexity index is 781. The summed E-state index contributed by atoms with van der Waals surface area (Å²) < 4.78 is 11.1. The van der Waals surface area contributed by atoms with Crippen LogP contribution in [0.3, 0.4) is 0 Å². The van der Waals surface area contributed by atoms with Crippen molar-refractivity contribution in [1.82, 2.24) is 4.98 Å². The summed E-state index contributed by atoms with van der Waals surface area (Å²) in [5.74, 6) is 1.77. The van der Waals surface area contributed by atoms with Crippen molar-refractivity contribution in [2.45, 2.75) is 18.4 Å². The van der Waals surface area contributed by atoms with E-state index in [0.29, 0.717) is 24.8 Å². The van der Waals surface area contributed by atoms with E-state index in [2.05, 4.69) is 10.3 Å². The molecule has 0 unspecified atom stereocenters. The monoisotopic (exact) mass is 383 g/mol. The van der Waals surface area contributed by atoms with Crippen LogP contribution in [0.5, 0.6) is 11.5 Å². The second kappa shape index (κ2) is 7.47. The number of anilines is 1. The second-order valence-corrected chi connectivity index (χ2v) is 5.88. The van der Waals surface area contributed by atoms with Gasteiger partial charge in [-0.3, -0.25) is 4.79 Å². The van der Waals surface area contributed by atoms with E-state index in [-0.39, 0.29) is 30.7 Å². The van der Waals surface area contributed by atoms with E-state index in [4.69, 9.17) is 15.2 Å². The fourth-order valence-corrected chi connectivity index (χ4v) is 2.47. The maximum absolute atomic E-state index is 12.0. The summed E-state index contributed by atoms with van der Waals surface area (Å²) in [6.45, 7) is 1.10. The Hall–Kier alpha value is -2.02. The summed E-state index contributed by atoms with van der Waals surface area (Å²) in [5.41, 5.74) is 6.83. The highest BCUT2D eigenvalue weighted by molar-refractivity contribution is 5.99. The van der Waals surface area contributed by atoms with Crippen molar-refractivity contribution >= 4 is 36.5 Å². The fourth-order valence-electron chi connectivity index (χ4n) is 2.47. The zero-order chi connectivity index (χ0) is 15.9. The first-order valence-electron chi connectivity index (χ1n) is 7.61. The molecule has 0 bridgehead atoms. The number of nitrogens with two attached hydrogens (primary N) is 1. The predicted octanol–water partition coefficient (Wildman–Crippen LogP) is 2.79. The van der Waals surface area contributed by atoms with Crippen molar-refractivity contribution in [3.63, 3.8) is 0 Å². The normalized spacial score (nSPS) is 16.0. The van der Waals surface area contributed by atoms with E-state index in [0.717, 1.165) is 29.8 Å². The first-order valence-corrected chi connectivity index (χ1v) is 7.61. The summed E-state index contributed by atoms with van der Waals surface area (Å²) in [5, 5.41) is 2.79. The molecular formula is C17H19Cl2N3O3. The highest BCUT2D eigenvalue weighted by atomic mass is 35.5. The van der Waals surface area contributed by atoms with Crippen LogP contribution in [0.25, 0.3) is 11.3 Å². The highest BCUT2D eigenvalue weighted by Crippen LogP contribution is 2.35. The van der Waals surface area contributed by atoms with E-state index in [1.165, 1.54) is 0 Å². The lowest BCUT2D eigenvalue weighted by molar-refractivity contribution is -0.118. The van der Waals surface area contributed by atoms with Gasteiger partial charge in [0.05, 0.1) is 11.2 Å². The highest BCUT2D eigenvalue weighted by Gasteiger charge is 2.46. The first kappa shape index (κ1) is 19.3. The van der Waals surface area contributed by atoms with Gasteiger partial charge in [-0.2, -0.15) is 0 Å². The summed E-state index contributed by atoms with van der Waals surface area (Å²) in [4.78, 5) is 16.5. The van der Waals surface area contributed by atoms with Gasteiger partial charge in [0, 0.05) is 5.56 Å². The van der Waals surface area contributed by atoms with Gasteiger partial charge in [-0.15, -0.1) is 24.8 Å². The number of nitrogens with one attached hydrogen (secondary N) is 1. The topological polar surface area (TPSA) is 86.5 Å². The molecule has 1 saturated carbocycles. The molecule has 1 aliphatic heterocycles. The fraction of sp³-hybridized carbons (Fsp3) is 0.294. The molecule has 3 N–H and O–H groups in total. The van der Waals surface area contributed by atoms with E-state index in [1.54, 1.807) is 6.07 Å². The van der Waals surface area contributed by atoms with Crippen LogP contribution in [0.2, 0.25) is 0 Å². The van der Waals surface area contributed by atoms with Gasteiger partial charge in [0.2, 0.25) is 5.91 Å². The number of carbonyl (C=O) groups is 1. The van der Waals surface area contributed by atoms with Gasteiger partial charge in [0.15, 0.2) is 11.5 Å². The third-order valence-electron chi connectivity index (χ3n) is 4.07. The van der Waals surface area contributed by atoms with Gasteiger partial charge in [-0.1, -0.05) is 6.07 Å². The number of nitrogens with zero attached hydrogens (tertiary/aromatic N) is 1. The number of aromatic nitrogens is 1. The van der Waals surface area contributed by atoms with Crippen LogP contribution in [-0.4, -0.2) is 29.6 Å². The molecule has 2 aliphatic rings. The lowest BCUT2D eigenvalue weighted by atomic mass is 10.1. The minimum absolute atomic E-state index is 0. The van der Waals surface area contributed by atoms with Crippen molar-refractivity contribution < 1.29 is 14.3 Å². The molecule has 0 saturated heterocycles. The van der Waals surface area contributed by atoms with Crippen molar-refractivity contribution in [2.24, 2.45) is 5.73 Å². The average molecular weight is 384 g/mol. The Labute approximate surface area is 157 Å². The maximum Gasteiger partial charge on any atom is 0.245 e. The molecule has 0 radical (unpaired) electrons. The molecule has 1 aromatic carbocycles. The van der Waals surface area contributed by atoms with E-state index in [9.17, 15) is 4.79 Å². The zero-order valence-electron chi connectivity index (χ0n) is 13.4. The zero-order valence-corrected chi connectivity index (χ0v) is 15.0. The van der Waals surface area contributed by atoms with Crippen LogP contribution in [0.1, 0.15) is 12.8 Å². The molecule has 134 valence electrons. The molecule has 0 atom stereocenters. The van der Waals surface area contributed by atoms with E-state index < -0.39 is 5.54 Å². The first-order chi connectivity index (χ1) is 11.1. The molecule has 1 aliphatic carbocycles. The molecule has 1 aromatic heterocycles. The number of rotatable bonds is 3. The maximum atomic E-state index is 12.0. The third kappa shape index (κ3) is 3.98. The number of ether oxygens (including phenoxy) is 2. The molecule has 25 heavy (non-hydrogen) atoms. The van der Waals surface area contributed by atoms with Gasteiger partial charge >= 0.3 is 0 Å². The number of hydrogen-bond donors (Lipinski definition) is 2. The summed E-state index contributed by atoms with van der Waals surface area (Å²) in [6, 6.07) is 11.2. The predicted molar refractivity (Wildman–Crippen MR) is 99.9 cm³/mol. The Kier molecular flexibility index (Phi) is 5.77. The summed E-state index contributed by atoms with van der Waals surface area (Å²) in [7, 11) is 0. The van der Waals surface area contributed by atoms with Crippen molar-refractivity contribution in [1.29, 1.82) is 0 Å². The van der Waals surface area contributed by atoms with Gasteiger partial charge < -0.3 is 20.5 Å². The number of carbonyl (C=O) groups excluding carboxylic acids is 1. The standard InChI is InChI=1S/C17H17N3O3.2ClH/c18-17(6-7-17)16(21)20-15-3-1-2-12(19-15)11-4-5-13-14(10-11)23-9-8-22-13;;/h1-5,10H,6-9,18H2,(H,19,20,21);2*1H. The molecule has 1 amide bonds. The van der Waals surface area contributed by atoms with Crippen LogP contribution in [0, 0.1) is 0 Å². The summed E-state index contributed by atoms with van der Waals surface area (Å²) in [6.07, 6.45) is 1.45. The number of fused-ring (bicyclic) bond motifs is 1. The lowest BCUT2D eigenvalue weighted by Gasteiger charge is -2.18. The van der Waals surface area contributed by atoms with Gasteiger partial charge in [-0.25, -0.2) is 4.98 Å². The number of amides is 1. The van der Waals surface area contributed by atoms with Crippen molar-refractivity contribution in [3.8, 4) is 22.8 Å². The second-order valence-electron chi connectivity index (χ2n) is 5.88. The van der Waals surface area contributed by atoms with E-state index >= 15 is 0 Å². The SMILES string of the molecule is Cl.Cl.NC1(C(=O)Nc2cccc(-c3ccc4c(c3)OCCO4)n2)CC1. The quantitative estimate of drug-likeness (QED) is 0.850. The molecule has 4 rings (SSSR count). The van der Waals surface area contributed by atoms with E-state index in [1.807, 2.05) is 30.3 Å². The molecule has 1 fully saturated rings. The number of hydrogen-bond acceptors (Lipinski definition) is 5. The molecule has 0 spiro atoms. The Morgan fingerprint density at radius 1 is 1.08 bits per heavy atom. The third-order valence-corrected chi connectivity index (χ3v) is 4.07. The Balaban J connectivity index is 0.00000113. The summed E-state index contributed by atoms with van der Waals surface area (Å²) >= 11 is 0. The minimum Gasteiger partial charge on any atom is -0.486 e. The largest absolute Gasteiger partial charge is 0.486 e. The van der Waals surface area contributed by atoms with Crippen molar-refractivity contribution in [3.05, 3.63) is 36.4 Å². The van der Waals surface area contributed by atoms with Crippen molar-refractivity contribution in [2.75, 3.05) is 18.5 Å². The number of halogens is 2. The van der Waals surface area contributed by atoms with Crippen LogP contribution < -0.4 is 20.5 Å². The lowest BCUT2D eigenvalue weighted by Crippen LogP contribution is -2.38.